The Hall–Kier alpha value is -2.76. The molecule has 3 rings (SSSR count). The third-order valence-electron chi connectivity index (χ3n) is 3.05. The van der Waals surface area contributed by atoms with E-state index in [1.165, 1.54) is 6.07 Å². The summed E-state index contributed by atoms with van der Waals surface area (Å²) in [5.41, 5.74) is 0.956. The zero-order chi connectivity index (χ0) is 15.0. The predicted molar refractivity (Wildman–Crippen MR) is 74.2 cm³/mol. The predicted octanol–water partition coefficient (Wildman–Crippen LogP) is 3.17. The van der Waals surface area contributed by atoms with E-state index >= 15 is 0 Å². The Morgan fingerprint density at radius 1 is 1.19 bits per heavy atom. The molecule has 0 spiro atoms. The van der Waals surface area contributed by atoms with Crippen molar-refractivity contribution in [2.45, 2.75) is 6.92 Å². The lowest BCUT2D eigenvalue weighted by molar-refractivity contribution is 0.102. The van der Waals surface area contributed by atoms with E-state index in [1.807, 2.05) is 0 Å². The van der Waals surface area contributed by atoms with Gasteiger partial charge in [0.25, 0.3) is 5.91 Å². The van der Waals surface area contributed by atoms with E-state index in [4.69, 9.17) is 0 Å². The first-order valence-corrected chi connectivity index (χ1v) is 6.26. The van der Waals surface area contributed by atoms with Crippen molar-refractivity contribution in [1.82, 2.24) is 9.38 Å². The molecule has 0 fully saturated rings. The quantitative estimate of drug-likeness (QED) is 0.787. The number of hydrogen-bond donors (Lipinski definition) is 1. The van der Waals surface area contributed by atoms with E-state index in [2.05, 4.69) is 10.3 Å². The van der Waals surface area contributed by atoms with Crippen molar-refractivity contribution < 1.29 is 13.6 Å². The molecule has 0 aliphatic carbocycles. The number of benzene rings is 1. The monoisotopic (exact) mass is 287 g/mol. The summed E-state index contributed by atoms with van der Waals surface area (Å²) in [6, 6.07) is 6.62. The lowest BCUT2D eigenvalue weighted by Crippen LogP contribution is -2.15. The number of halogens is 2. The van der Waals surface area contributed by atoms with Crippen LogP contribution in [-0.2, 0) is 0 Å². The molecule has 0 aliphatic rings. The Morgan fingerprint density at radius 2 is 1.90 bits per heavy atom. The van der Waals surface area contributed by atoms with E-state index in [-0.39, 0.29) is 5.56 Å². The van der Waals surface area contributed by atoms with E-state index < -0.39 is 23.2 Å². The van der Waals surface area contributed by atoms with Gasteiger partial charge in [-0.15, -0.1) is 0 Å². The SMILES string of the molecule is Cc1cn2cccc(C(=O)Nc3c(F)cccc3F)c2n1. The molecule has 0 atom stereocenters. The average molecular weight is 287 g/mol. The third-order valence-corrected chi connectivity index (χ3v) is 3.05. The molecule has 4 nitrogen and oxygen atoms in total. The van der Waals surface area contributed by atoms with Crippen LogP contribution in [0.25, 0.3) is 5.65 Å². The van der Waals surface area contributed by atoms with E-state index in [1.54, 1.807) is 35.9 Å². The van der Waals surface area contributed by atoms with E-state index in [9.17, 15) is 13.6 Å². The first-order chi connectivity index (χ1) is 10.1. The van der Waals surface area contributed by atoms with Crippen molar-refractivity contribution >= 4 is 17.2 Å². The average Bonchev–Trinajstić information content (AvgIpc) is 2.82. The molecule has 3 aromatic rings. The maximum absolute atomic E-state index is 13.6. The van der Waals surface area contributed by atoms with Crippen molar-refractivity contribution in [3.8, 4) is 0 Å². The number of pyridine rings is 1. The number of hydrogen-bond acceptors (Lipinski definition) is 2. The van der Waals surface area contributed by atoms with Crippen LogP contribution in [-0.4, -0.2) is 15.3 Å². The van der Waals surface area contributed by atoms with Crippen LogP contribution >= 0.6 is 0 Å². The highest BCUT2D eigenvalue weighted by molar-refractivity contribution is 6.08. The summed E-state index contributed by atoms with van der Waals surface area (Å²) in [5.74, 6) is -2.26. The van der Waals surface area contributed by atoms with Crippen molar-refractivity contribution in [1.29, 1.82) is 0 Å². The number of nitrogens with zero attached hydrogens (tertiary/aromatic N) is 2. The van der Waals surface area contributed by atoms with Crippen LogP contribution < -0.4 is 5.32 Å². The number of fused-ring (bicyclic) bond motifs is 1. The van der Waals surface area contributed by atoms with Gasteiger partial charge in [0, 0.05) is 12.4 Å². The Labute approximate surface area is 119 Å². The third kappa shape index (κ3) is 2.35. The molecule has 6 heteroatoms. The Morgan fingerprint density at radius 3 is 2.62 bits per heavy atom. The standard InChI is InChI=1S/C15H11F2N3O/c1-9-8-20-7-3-4-10(14(20)18-9)15(21)19-13-11(16)5-2-6-12(13)17/h2-8H,1H3,(H,19,21). The maximum atomic E-state index is 13.6. The molecule has 106 valence electrons. The summed E-state index contributed by atoms with van der Waals surface area (Å²) in [6.45, 7) is 1.80. The minimum Gasteiger partial charge on any atom is -0.317 e. The van der Waals surface area contributed by atoms with Crippen LogP contribution in [0.1, 0.15) is 16.1 Å². The normalized spacial score (nSPS) is 10.8. The van der Waals surface area contributed by atoms with Gasteiger partial charge in [-0.3, -0.25) is 4.79 Å². The van der Waals surface area contributed by atoms with Crippen LogP contribution in [0.15, 0.2) is 42.7 Å². The second kappa shape index (κ2) is 4.97. The highest BCUT2D eigenvalue weighted by Crippen LogP contribution is 2.20. The first kappa shape index (κ1) is 13.2. The van der Waals surface area contributed by atoms with Gasteiger partial charge in [-0.2, -0.15) is 0 Å². The largest absolute Gasteiger partial charge is 0.317 e. The number of nitrogens with one attached hydrogen (secondary N) is 1. The van der Waals surface area contributed by atoms with Gasteiger partial charge in [0.1, 0.15) is 23.0 Å². The molecule has 1 aromatic carbocycles. The van der Waals surface area contributed by atoms with Gasteiger partial charge < -0.3 is 9.72 Å². The molecule has 0 bridgehead atoms. The number of anilines is 1. The first-order valence-electron chi connectivity index (χ1n) is 6.26. The number of rotatable bonds is 2. The van der Waals surface area contributed by atoms with Crippen molar-refractivity contribution in [3.05, 3.63) is 65.6 Å². The summed E-state index contributed by atoms with van der Waals surface area (Å²) < 4.78 is 28.8. The zero-order valence-electron chi connectivity index (χ0n) is 11.1. The number of carbonyl (C=O) groups excluding carboxylic acids is 1. The van der Waals surface area contributed by atoms with Crippen molar-refractivity contribution in [2.75, 3.05) is 5.32 Å². The Balaban J connectivity index is 2.01. The number of para-hydroxylation sites is 1. The summed E-state index contributed by atoms with van der Waals surface area (Å²) in [7, 11) is 0. The summed E-state index contributed by atoms with van der Waals surface area (Å²) in [4.78, 5) is 16.5. The number of aromatic nitrogens is 2. The number of amides is 1. The van der Waals surface area contributed by atoms with Crippen molar-refractivity contribution in [3.63, 3.8) is 0 Å². The van der Waals surface area contributed by atoms with E-state index in [0.717, 1.165) is 17.8 Å². The lowest BCUT2D eigenvalue weighted by atomic mass is 10.2. The fourth-order valence-electron chi connectivity index (χ4n) is 2.11. The summed E-state index contributed by atoms with van der Waals surface area (Å²) in [5, 5.41) is 2.25. The van der Waals surface area contributed by atoms with Gasteiger partial charge in [-0.05, 0) is 31.2 Å². The van der Waals surface area contributed by atoms with Gasteiger partial charge in [0.05, 0.1) is 11.3 Å². The van der Waals surface area contributed by atoms with Crippen LogP contribution in [0.3, 0.4) is 0 Å². The molecule has 1 N–H and O–H groups in total. The lowest BCUT2D eigenvalue weighted by Gasteiger charge is -2.08. The molecule has 0 radical (unpaired) electrons. The zero-order valence-corrected chi connectivity index (χ0v) is 11.1. The van der Waals surface area contributed by atoms with Crippen LogP contribution in [0.2, 0.25) is 0 Å². The molecule has 1 amide bonds. The molecule has 0 unspecified atom stereocenters. The van der Waals surface area contributed by atoms with Gasteiger partial charge in [-0.25, -0.2) is 13.8 Å². The molecule has 0 aliphatic heterocycles. The molecule has 0 saturated carbocycles. The number of aryl methyl sites for hydroxylation is 1. The molecule has 0 saturated heterocycles. The Kier molecular flexibility index (Phi) is 3.13. The minimum atomic E-state index is -0.824. The van der Waals surface area contributed by atoms with Gasteiger partial charge in [0.15, 0.2) is 0 Å². The minimum absolute atomic E-state index is 0.244. The highest BCUT2D eigenvalue weighted by atomic mass is 19.1. The van der Waals surface area contributed by atoms with Crippen LogP contribution in [0.4, 0.5) is 14.5 Å². The molecular weight excluding hydrogens is 276 g/mol. The second-order valence-corrected chi connectivity index (χ2v) is 4.59. The van der Waals surface area contributed by atoms with Crippen LogP contribution in [0, 0.1) is 18.6 Å². The highest BCUT2D eigenvalue weighted by Gasteiger charge is 2.16. The van der Waals surface area contributed by atoms with Crippen LogP contribution in [0.5, 0.6) is 0 Å². The second-order valence-electron chi connectivity index (χ2n) is 4.59. The van der Waals surface area contributed by atoms with Gasteiger partial charge >= 0.3 is 0 Å². The van der Waals surface area contributed by atoms with E-state index in [0.29, 0.717) is 5.65 Å². The fourth-order valence-corrected chi connectivity index (χ4v) is 2.11. The smallest absolute Gasteiger partial charge is 0.259 e. The topological polar surface area (TPSA) is 46.4 Å². The summed E-state index contributed by atoms with van der Waals surface area (Å²) in [6.07, 6.45) is 3.51. The van der Waals surface area contributed by atoms with Crippen molar-refractivity contribution in [2.24, 2.45) is 0 Å². The fraction of sp³-hybridized carbons (Fsp3) is 0.0667. The molecular formula is C15H11F2N3O. The summed E-state index contributed by atoms with van der Waals surface area (Å²) >= 11 is 0. The molecule has 2 aromatic heterocycles. The Bertz CT molecular complexity index is 822. The van der Waals surface area contributed by atoms with Gasteiger partial charge in [0.2, 0.25) is 0 Å². The number of imidazole rings is 1. The van der Waals surface area contributed by atoms with Gasteiger partial charge in [-0.1, -0.05) is 6.07 Å². The molecule has 2 heterocycles. The number of carbonyl (C=O) groups is 1. The molecule has 21 heavy (non-hydrogen) atoms. The maximum Gasteiger partial charge on any atom is 0.259 e.